The lowest BCUT2D eigenvalue weighted by Gasteiger charge is -2.34. The van der Waals surface area contributed by atoms with Crippen LogP contribution in [0.15, 0.2) is 24.3 Å². The second kappa shape index (κ2) is 3.28. The van der Waals surface area contributed by atoms with Crippen molar-refractivity contribution < 1.29 is 4.79 Å². The molecule has 1 aromatic rings. The van der Waals surface area contributed by atoms with Crippen molar-refractivity contribution in [1.29, 1.82) is 0 Å². The Labute approximate surface area is 99.2 Å². The Kier molecular flexibility index (Phi) is 2.01. The molecule has 1 aliphatic heterocycles. The van der Waals surface area contributed by atoms with Crippen molar-refractivity contribution in [1.82, 2.24) is 10.6 Å². The van der Waals surface area contributed by atoms with Crippen molar-refractivity contribution >= 4 is 23.2 Å². The van der Waals surface area contributed by atoms with Gasteiger partial charge in [0.25, 0.3) is 0 Å². The minimum absolute atomic E-state index is 0.179. The van der Waals surface area contributed by atoms with Gasteiger partial charge in [-0.25, -0.2) is 4.79 Å². The fourth-order valence-electron chi connectivity index (χ4n) is 2.69. The number of thiocarbonyl (C=S) groups is 1. The zero-order valence-corrected chi connectivity index (χ0v) is 9.56. The van der Waals surface area contributed by atoms with Gasteiger partial charge < -0.3 is 5.32 Å². The smallest absolute Gasteiger partial charge is 0.320 e. The van der Waals surface area contributed by atoms with E-state index in [4.69, 9.17) is 12.2 Å². The highest BCUT2D eigenvalue weighted by Crippen LogP contribution is 2.37. The highest BCUT2D eigenvalue weighted by molar-refractivity contribution is 7.80. The molecule has 1 fully saturated rings. The summed E-state index contributed by atoms with van der Waals surface area (Å²) in [6.07, 6.45) is 3.01. The molecule has 82 valence electrons. The van der Waals surface area contributed by atoms with Crippen molar-refractivity contribution in [2.45, 2.75) is 24.8 Å². The third kappa shape index (κ3) is 1.19. The van der Waals surface area contributed by atoms with E-state index < -0.39 is 5.54 Å². The monoisotopic (exact) mass is 232 g/mol. The molecule has 0 radical (unpaired) electrons. The molecule has 2 amide bonds. The standard InChI is InChI=1S/C12H12N2OS/c15-11-13-10(16)12(14-11)7-3-5-8-4-1-2-6-9(8)12/h1-2,4,6H,3,5,7H2,(H2,13,14,15,16). The lowest BCUT2D eigenvalue weighted by molar-refractivity contribution is 0.242. The topological polar surface area (TPSA) is 41.1 Å². The van der Waals surface area contributed by atoms with Crippen LogP contribution in [-0.4, -0.2) is 11.0 Å². The summed E-state index contributed by atoms with van der Waals surface area (Å²) in [4.78, 5) is 12.0. The van der Waals surface area contributed by atoms with Gasteiger partial charge in [-0.1, -0.05) is 36.5 Å². The number of hydrogen-bond acceptors (Lipinski definition) is 2. The molecule has 1 aliphatic carbocycles. The van der Waals surface area contributed by atoms with Gasteiger partial charge in [0.2, 0.25) is 0 Å². The van der Waals surface area contributed by atoms with Crippen LogP contribution in [0.2, 0.25) is 0 Å². The Morgan fingerprint density at radius 3 is 2.88 bits per heavy atom. The van der Waals surface area contributed by atoms with Crippen molar-refractivity contribution in [3.63, 3.8) is 0 Å². The fourth-order valence-corrected chi connectivity index (χ4v) is 3.05. The van der Waals surface area contributed by atoms with E-state index in [1.807, 2.05) is 12.1 Å². The SMILES string of the molecule is O=C1NC(=S)C2(CCCc3ccccc32)N1. The zero-order chi connectivity index (χ0) is 11.2. The lowest BCUT2D eigenvalue weighted by Crippen LogP contribution is -2.45. The van der Waals surface area contributed by atoms with E-state index in [0.717, 1.165) is 24.8 Å². The van der Waals surface area contributed by atoms with Crippen molar-refractivity contribution in [3.8, 4) is 0 Å². The summed E-state index contributed by atoms with van der Waals surface area (Å²) in [7, 11) is 0. The maximum Gasteiger partial charge on any atom is 0.320 e. The number of hydrogen-bond donors (Lipinski definition) is 2. The quantitative estimate of drug-likeness (QED) is 0.670. The first-order valence-electron chi connectivity index (χ1n) is 5.44. The fraction of sp³-hybridized carbons (Fsp3) is 0.333. The summed E-state index contributed by atoms with van der Waals surface area (Å²) < 4.78 is 0. The molecular formula is C12H12N2OS. The molecule has 2 N–H and O–H groups in total. The van der Waals surface area contributed by atoms with Crippen molar-refractivity contribution in [2.75, 3.05) is 0 Å². The van der Waals surface area contributed by atoms with E-state index in [0.29, 0.717) is 4.99 Å². The van der Waals surface area contributed by atoms with Crippen LogP contribution in [0.3, 0.4) is 0 Å². The van der Waals surface area contributed by atoms with Gasteiger partial charge in [0.15, 0.2) is 0 Å². The van der Waals surface area contributed by atoms with E-state index in [9.17, 15) is 4.79 Å². The van der Waals surface area contributed by atoms with Gasteiger partial charge in [-0.3, -0.25) is 5.32 Å². The Morgan fingerprint density at radius 1 is 1.31 bits per heavy atom. The average Bonchev–Trinajstić information content (AvgIpc) is 2.55. The van der Waals surface area contributed by atoms with Gasteiger partial charge in [-0.15, -0.1) is 0 Å². The molecule has 0 saturated carbocycles. The van der Waals surface area contributed by atoms with Crippen LogP contribution in [0, 0.1) is 0 Å². The van der Waals surface area contributed by atoms with Gasteiger partial charge in [0.05, 0.1) is 0 Å². The normalized spacial score (nSPS) is 27.5. The number of urea groups is 1. The maximum atomic E-state index is 11.4. The summed E-state index contributed by atoms with van der Waals surface area (Å²) in [5.74, 6) is 0. The number of aryl methyl sites for hydroxylation is 1. The third-order valence-corrected chi connectivity index (χ3v) is 3.87. The molecule has 1 aromatic carbocycles. The minimum Gasteiger partial charge on any atom is -0.322 e. The molecule has 1 atom stereocenters. The number of carbonyl (C=O) groups excluding carboxylic acids is 1. The van der Waals surface area contributed by atoms with Crippen LogP contribution >= 0.6 is 12.2 Å². The Morgan fingerprint density at radius 2 is 2.12 bits per heavy atom. The number of carbonyl (C=O) groups is 1. The molecule has 0 bridgehead atoms. The lowest BCUT2D eigenvalue weighted by atomic mass is 9.77. The molecule has 3 nitrogen and oxygen atoms in total. The van der Waals surface area contributed by atoms with Crippen LogP contribution in [0.25, 0.3) is 0 Å². The number of rotatable bonds is 0. The Balaban J connectivity index is 2.17. The Bertz CT molecular complexity index is 486. The van der Waals surface area contributed by atoms with E-state index in [-0.39, 0.29) is 6.03 Å². The van der Waals surface area contributed by atoms with Crippen LogP contribution in [-0.2, 0) is 12.0 Å². The molecule has 1 saturated heterocycles. The van der Waals surface area contributed by atoms with Crippen molar-refractivity contribution in [3.05, 3.63) is 35.4 Å². The molecule has 1 spiro atoms. The van der Waals surface area contributed by atoms with Crippen LogP contribution in [0.1, 0.15) is 24.0 Å². The first-order chi connectivity index (χ1) is 7.72. The minimum atomic E-state index is -0.443. The molecular weight excluding hydrogens is 220 g/mol. The summed E-state index contributed by atoms with van der Waals surface area (Å²) in [6, 6.07) is 8.03. The first-order valence-corrected chi connectivity index (χ1v) is 5.85. The number of nitrogens with one attached hydrogen (secondary N) is 2. The highest BCUT2D eigenvalue weighted by Gasteiger charge is 2.46. The summed E-state index contributed by atoms with van der Waals surface area (Å²) in [6.45, 7) is 0. The summed E-state index contributed by atoms with van der Waals surface area (Å²) >= 11 is 5.31. The predicted octanol–water partition coefficient (Wildman–Crippen LogP) is 1.86. The second-order valence-corrected chi connectivity index (χ2v) is 4.73. The number of amides is 2. The van der Waals surface area contributed by atoms with Crippen LogP contribution in [0.4, 0.5) is 4.79 Å². The van der Waals surface area contributed by atoms with Crippen LogP contribution in [0.5, 0.6) is 0 Å². The number of fused-ring (bicyclic) bond motifs is 2. The summed E-state index contributed by atoms with van der Waals surface area (Å²) in [5.41, 5.74) is 2.01. The average molecular weight is 232 g/mol. The van der Waals surface area contributed by atoms with Crippen molar-refractivity contribution in [2.24, 2.45) is 0 Å². The van der Waals surface area contributed by atoms with E-state index in [1.54, 1.807) is 0 Å². The predicted molar refractivity (Wildman–Crippen MR) is 65.3 cm³/mol. The largest absolute Gasteiger partial charge is 0.322 e. The molecule has 3 rings (SSSR count). The maximum absolute atomic E-state index is 11.4. The molecule has 16 heavy (non-hydrogen) atoms. The number of benzene rings is 1. The van der Waals surface area contributed by atoms with Gasteiger partial charge in [-0.05, 0) is 30.4 Å². The molecule has 4 heteroatoms. The molecule has 0 aromatic heterocycles. The molecule has 2 aliphatic rings. The van der Waals surface area contributed by atoms with Gasteiger partial charge in [0, 0.05) is 0 Å². The van der Waals surface area contributed by atoms with E-state index in [1.165, 1.54) is 5.56 Å². The molecule has 1 unspecified atom stereocenters. The summed E-state index contributed by atoms with van der Waals surface area (Å²) in [5, 5.41) is 5.68. The molecule has 1 heterocycles. The van der Waals surface area contributed by atoms with Gasteiger partial charge in [0.1, 0.15) is 10.5 Å². The highest BCUT2D eigenvalue weighted by atomic mass is 32.1. The third-order valence-electron chi connectivity index (χ3n) is 3.42. The van der Waals surface area contributed by atoms with Gasteiger partial charge in [-0.2, -0.15) is 0 Å². The van der Waals surface area contributed by atoms with Gasteiger partial charge >= 0.3 is 6.03 Å². The first kappa shape index (κ1) is 9.78. The van der Waals surface area contributed by atoms with E-state index in [2.05, 4.69) is 22.8 Å². The second-order valence-electron chi connectivity index (χ2n) is 4.32. The van der Waals surface area contributed by atoms with Crippen LogP contribution < -0.4 is 10.6 Å². The van der Waals surface area contributed by atoms with E-state index >= 15 is 0 Å². The Hall–Kier alpha value is -1.42. The zero-order valence-electron chi connectivity index (χ0n) is 8.75.